The highest BCUT2D eigenvalue weighted by molar-refractivity contribution is 8.00. The highest BCUT2D eigenvalue weighted by Gasteiger charge is 2.30. The lowest BCUT2D eigenvalue weighted by atomic mass is 10.2. The summed E-state index contributed by atoms with van der Waals surface area (Å²) in [6, 6.07) is 8.54. The Kier molecular flexibility index (Phi) is 4.99. The van der Waals surface area contributed by atoms with E-state index in [4.69, 9.17) is 0 Å². The fourth-order valence-corrected chi connectivity index (χ4v) is 3.98. The molecule has 0 fully saturated rings. The third kappa shape index (κ3) is 3.78. The van der Waals surface area contributed by atoms with Gasteiger partial charge in [0.05, 0.1) is 5.56 Å². The zero-order valence-electron chi connectivity index (χ0n) is 13.4. The number of hydrogen-bond donors (Lipinski definition) is 0. The van der Waals surface area contributed by atoms with Crippen molar-refractivity contribution >= 4 is 34.1 Å². The maximum atomic E-state index is 12.5. The van der Waals surface area contributed by atoms with Crippen LogP contribution in [0.2, 0.25) is 0 Å². The third-order valence-corrected chi connectivity index (χ3v) is 5.61. The highest BCUT2D eigenvalue weighted by atomic mass is 32.2. The molecule has 3 rings (SSSR count). The average molecular weight is 385 g/mol. The van der Waals surface area contributed by atoms with E-state index in [-0.39, 0.29) is 16.7 Å². The molecule has 1 aromatic carbocycles. The molecule has 2 aromatic heterocycles. The SMILES string of the molecule is CC[S+]([O-])c1ccccc1-c1nc2cc(SC(F)(F)F)cnc2n1C. The molecule has 9 heteroatoms. The van der Waals surface area contributed by atoms with Crippen LogP contribution in [-0.4, -0.2) is 30.3 Å². The number of fused-ring (bicyclic) bond motifs is 1. The summed E-state index contributed by atoms with van der Waals surface area (Å²) in [4.78, 5) is 9.17. The molecule has 0 aliphatic carbocycles. The summed E-state index contributed by atoms with van der Waals surface area (Å²) >= 11 is -1.40. The molecule has 2 heterocycles. The third-order valence-electron chi connectivity index (χ3n) is 3.55. The Bertz CT molecular complexity index is 911. The van der Waals surface area contributed by atoms with Crippen molar-refractivity contribution in [2.24, 2.45) is 7.05 Å². The van der Waals surface area contributed by atoms with E-state index in [1.165, 1.54) is 12.3 Å². The minimum absolute atomic E-state index is 0.0185. The summed E-state index contributed by atoms with van der Waals surface area (Å²) in [5.74, 6) is 0.986. The molecule has 0 saturated carbocycles. The van der Waals surface area contributed by atoms with Crippen molar-refractivity contribution < 1.29 is 17.7 Å². The number of nitrogens with zero attached hydrogens (tertiary/aromatic N) is 3. The average Bonchev–Trinajstić information content (AvgIpc) is 2.89. The molecule has 3 aromatic rings. The summed E-state index contributed by atoms with van der Waals surface area (Å²) in [7, 11) is 1.74. The summed E-state index contributed by atoms with van der Waals surface area (Å²) < 4.78 is 51.6. The molecule has 0 bridgehead atoms. The lowest BCUT2D eigenvalue weighted by molar-refractivity contribution is -0.0328. The van der Waals surface area contributed by atoms with Gasteiger partial charge >= 0.3 is 5.51 Å². The van der Waals surface area contributed by atoms with Crippen molar-refractivity contribution in [1.82, 2.24) is 14.5 Å². The number of rotatable bonds is 4. The van der Waals surface area contributed by atoms with Crippen LogP contribution in [0.3, 0.4) is 0 Å². The van der Waals surface area contributed by atoms with Gasteiger partial charge in [-0.1, -0.05) is 12.1 Å². The molecule has 0 N–H and O–H groups in total. The van der Waals surface area contributed by atoms with E-state index in [1.54, 1.807) is 29.8 Å². The van der Waals surface area contributed by atoms with Crippen LogP contribution < -0.4 is 0 Å². The van der Waals surface area contributed by atoms with Gasteiger partial charge in [-0.15, -0.1) is 0 Å². The Balaban J connectivity index is 2.11. The van der Waals surface area contributed by atoms with Crippen molar-refractivity contribution in [3.05, 3.63) is 36.5 Å². The molecule has 0 radical (unpaired) electrons. The van der Waals surface area contributed by atoms with Gasteiger partial charge in [-0.3, -0.25) is 0 Å². The standard InChI is InChI=1S/C16H14F3N3OS2/c1-3-25(23)13-7-5-4-6-11(13)14-21-12-8-10(24-16(17,18)19)9-20-15(12)22(14)2/h4-9H,3H2,1-2H3. The van der Waals surface area contributed by atoms with Gasteiger partial charge in [0.25, 0.3) is 0 Å². The molecule has 0 spiro atoms. The number of benzene rings is 1. The predicted molar refractivity (Wildman–Crippen MR) is 92.8 cm³/mol. The topological polar surface area (TPSA) is 53.8 Å². The maximum Gasteiger partial charge on any atom is 0.446 e. The number of thioether (sulfide) groups is 1. The quantitative estimate of drug-likeness (QED) is 0.494. The molecule has 132 valence electrons. The van der Waals surface area contributed by atoms with Gasteiger partial charge in [0.15, 0.2) is 10.5 Å². The van der Waals surface area contributed by atoms with Crippen LogP contribution in [0, 0.1) is 0 Å². The summed E-state index contributed by atoms with van der Waals surface area (Å²) in [6.45, 7) is 1.82. The van der Waals surface area contributed by atoms with Gasteiger partial charge in [0.2, 0.25) is 0 Å². The normalized spacial score (nSPS) is 13.4. The van der Waals surface area contributed by atoms with E-state index in [0.29, 0.717) is 33.2 Å². The van der Waals surface area contributed by atoms with Gasteiger partial charge in [-0.2, -0.15) is 13.2 Å². The first-order valence-corrected chi connectivity index (χ1v) is 9.49. The van der Waals surface area contributed by atoms with Crippen molar-refractivity contribution in [3.8, 4) is 11.4 Å². The summed E-state index contributed by atoms with van der Waals surface area (Å²) in [5.41, 5.74) is -2.85. The van der Waals surface area contributed by atoms with Gasteiger partial charge in [0, 0.05) is 18.1 Å². The van der Waals surface area contributed by atoms with Crippen LogP contribution in [0.25, 0.3) is 22.6 Å². The zero-order valence-corrected chi connectivity index (χ0v) is 15.0. The highest BCUT2D eigenvalue weighted by Crippen LogP contribution is 2.38. The van der Waals surface area contributed by atoms with Crippen molar-refractivity contribution in [1.29, 1.82) is 0 Å². The van der Waals surface area contributed by atoms with E-state index < -0.39 is 16.7 Å². The molecule has 0 aliphatic rings. The second kappa shape index (κ2) is 6.89. The second-order valence-corrected chi connectivity index (χ2v) is 8.03. The van der Waals surface area contributed by atoms with E-state index in [1.807, 2.05) is 13.0 Å². The first-order valence-electron chi connectivity index (χ1n) is 7.36. The van der Waals surface area contributed by atoms with Crippen LogP contribution in [0.1, 0.15) is 6.92 Å². The number of hydrogen-bond acceptors (Lipinski definition) is 4. The number of halogens is 3. The largest absolute Gasteiger partial charge is 0.611 e. The van der Waals surface area contributed by atoms with Gasteiger partial charge < -0.3 is 9.12 Å². The Hall–Kier alpha value is -1.71. The first kappa shape index (κ1) is 18.1. The van der Waals surface area contributed by atoms with Crippen LogP contribution in [0.15, 0.2) is 46.3 Å². The van der Waals surface area contributed by atoms with Crippen molar-refractivity contribution in [2.45, 2.75) is 22.2 Å². The van der Waals surface area contributed by atoms with Gasteiger partial charge in [-0.25, -0.2) is 9.97 Å². The number of imidazole rings is 1. The molecule has 0 amide bonds. The molecule has 4 nitrogen and oxygen atoms in total. The fraction of sp³-hybridized carbons (Fsp3) is 0.250. The molecule has 0 saturated heterocycles. The molecular formula is C16H14F3N3OS2. The summed E-state index contributed by atoms with van der Waals surface area (Å²) in [6.07, 6.45) is 1.18. The molecular weight excluding hydrogens is 371 g/mol. The number of aromatic nitrogens is 3. The first-order chi connectivity index (χ1) is 11.8. The van der Waals surface area contributed by atoms with E-state index in [0.717, 1.165) is 0 Å². The predicted octanol–water partition coefficient (Wildman–Crippen LogP) is 4.37. The number of alkyl halides is 3. The van der Waals surface area contributed by atoms with Gasteiger partial charge in [-0.05, 0) is 48.1 Å². The van der Waals surface area contributed by atoms with Crippen LogP contribution in [-0.2, 0) is 18.2 Å². The fourth-order valence-electron chi connectivity index (χ4n) is 2.49. The summed E-state index contributed by atoms with van der Waals surface area (Å²) in [5, 5.41) is 0. The Morgan fingerprint density at radius 1 is 1.28 bits per heavy atom. The smallest absolute Gasteiger partial charge is 0.446 e. The Labute approximate surface area is 149 Å². The molecule has 1 unspecified atom stereocenters. The van der Waals surface area contributed by atoms with E-state index in [9.17, 15) is 17.7 Å². The lowest BCUT2D eigenvalue weighted by Gasteiger charge is -2.12. The van der Waals surface area contributed by atoms with Crippen molar-refractivity contribution in [3.63, 3.8) is 0 Å². The number of aryl methyl sites for hydroxylation is 1. The van der Waals surface area contributed by atoms with Crippen LogP contribution in [0.5, 0.6) is 0 Å². The minimum atomic E-state index is -4.38. The maximum absolute atomic E-state index is 12.5. The monoisotopic (exact) mass is 385 g/mol. The number of pyridine rings is 1. The second-order valence-electron chi connectivity index (χ2n) is 5.19. The lowest BCUT2D eigenvalue weighted by Crippen LogP contribution is -2.07. The van der Waals surface area contributed by atoms with E-state index >= 15 is 0 Å². The van der Waals surface area contributed by atoms with Crippen molar-refractivity contribution in [2.75, 3.05) is 5.75 Å². The molecule has 25 heavy (non-hydrogen) atoms. The molecule has 1 atom stereocenters. The van der Waals surface area contributed by atoms with Gasteiger partial charge in [0.1, 0.15) is 17.1 Å². The van der Waals surface area contributed by atoms with Crippen LogP contribution >= 0.6 is 11.8 Å². The molecule has 0 aliphatic heterocycles. The Morgan fingerprint density at radius 3 is 2.68 bits per heavy atom. The van der Waals surface area contributed by atoms with Crippen LogP contribution in [0.4, 0.5) is 13.2 Å². The minimum Gasteiger partial charge on any atom is -0.611 e. The van der Waals surface area contributed by atoms with E-state index in [2.05, 4.69) is 9.97 Å². The zero-order chi connectivity index (χ0) is 18.2. The Morgan fingerprint density at radius 2 is 2.00 bits per heavy atom.